The second kappa shape index (κ2) is 8.31. The molecule has 1 aromatic rings. The van der Waals surface area contributed by atoms with Gasteiger partial charge in [0.1, 0.15) is 10.7 Å². The molecule has 0 spiro atoms. The minimum atomic E-state index is -3.83. The molecule has 7 heteroatoms. The summed E-state index contributed by atoms with van der Waals surface area (Å²) in [5, 5.41) is 2.89. The van der Waals surface area contributed by atoms with Gasteiger partial charge >= 0.3 is 0 Å². The van der Waals surface area contributed by atoms with Crippen LogP contribution in [0.1, 0.15) is 18.9 Å². The number of rotatable bonds is 9. The van der Waals surface area contributed by atoms with Crippen LogP contribution in [0.3, 0.4) is 0 Å². The van der Waals surface area contributed by atoms with E-state index in [1.165, 1.54) is 12.1 Å². The molecule has 0 fully saturated rings. The number of nitrogens with one attached hydrogen (secondary N) is 2. The molecule has 0 saturated carbocycles. The molecule has 0 aliphatic carbocycles. The smallest absolute Gasteiger partial charge is 0.243 e. The Morgan fingerprint density at radius 1 is 1.35 bits per heavy atom. The summed E-state index contributed by atoms with van der Waals surface area (Å²) in [6.45, 7) is 3.63. The molecule has 0 atom stereocenters. The molecule has 5 nitrogen and oxygen atoms in total. The fraction of sp³-hybridized carbons (Fsp3) is 0.538. The van der Waals surface area contributed by atoms with Crippen molar-refractivity contribution in [2.75, 3.05) is 26.8 Å². The van der Waals surface area contributed by atoms with E-state index in [1.807, 2.05) is 6.92 Å². The Kier molecular flexibility index (Phi) is 7.08. The van der Waals surface area contributed by atoms with Crippen LogP contribution in [-0.4, -0.2) is 35.2 Å². The maximum atomic E-state index is 13.7. The van der Waals surface area contributed by atoms with Gasteiger partial charge in [0.05, 0.1) is 0 Å². The van der Waals surface area contributed by atoms with Gasteiger partial charge in [0, 0.05) is 26.3 Å². The molecule has 0 saturated heterocycles. The van der Waals surface area contributed by atoms with Crippen molar-refractivity contribution < 1.29 is 17.5 Å². The summed E-state index contributed by atoms with van der Waals surface area (Å²) in [5.74, 6) is -0.748. The van der Waals surface area contributed by atoms with Crippen LogP contribution in [0.15, 0.2) is 23.1 Å². The molecule has 0 aromatic heterocycles. The van der Waals surface area contributed by atoms with Crippen molar-refractivity contribution >= 4 is 10.0 Å². The van der Waals surface area contributed by atoms with Gasteiger partial charge in [0.2, 0.25) is 10.0 Å². The molecular formula is C13H21FN2O3S. The first-order valence-electron chi connectivity index (χ1n) is 6.51. The molecule has 0 amide bonds. The molecule has 1 aromatic carbocycles. The zero-order chi connectivity index (χ0) is 15.0. The summed E-state index contributed by atoms with van der Waals surface area (Å²) in [4.78, 5) is -0.318. The van der Waals surface area contributed by atoms with Gasteiger partial charge in [-0.2, -0.15) is 0 Å². The van der Waals surface area contributed by atoms with Crippen LogP contribution in [0.4, 0.5) is 4.39 Å². The standard InChI is InChI=1S/C13H21FN2O3S/c1-3-19-8-4-7-16-20(17,18)13-9-11(10-15-2)5-6-12(13)14/h5-6,9,15-16H,3-4,7-8,10H2,1-2H3. The van der Waals surface area contributed by atoms with Crippen LogP contribution < -0.4 is 10.0 Å². The van der Waals surface area contributed by atoms with Crippen molar-refractivity contribution in [2.45, 2.75) is 24.8 Å². The number of benzene rings is 1. The Balaban J connectivity index is 2.73. The number of ether oxygens (including phenoxy) is 1. The van der Waals surface area contributed by atoms with Crippen molar-refractivity contribution in [3.05, 3.63) is 29.6 Å². The molecule has 0 aliphatic heterocycles. The normalized spacial score (nSPS) is 11.8. The maximum absolute atomic E-state index is 13.7. The lowest BCUT2D eigenvalue weighted by atomic mass is 10.2. The van der Waals surface area contributed by atoms with E-state index in [4.69, 9.17) is 4.74 Å². The summed E-state index contributed by atoms with van der Waals surface area (Å²) in [5.41, 5.74) is 0.712. The molecule has 0 heterocycles. The van der Waals surface area contributed by atoms with Gasteiger partial charge < -0.3 is 10.1 Å². The molecule has 1 rings (SSSR count). The van der Waals surface area contributed by atoms with Gasteiger partial charge in [-0.1, -0.05) is 6.07 Å². The lowest BCUT2D eigenvalue weighted by Crippen LogP contribution is -2.26. The molecule has 0 unspecified atom stereocenters. The third-order valence-corrected chi connectivity index (χ3v) is 4.10. The van der Waals surface area contributed by atoms with Crippen LogP contribution in [0.5, 0.6) is 0 Å². The van der Waals surface area contributed by atoms with Crippen LogP contribution in [0, 0.1) is 5.82 Å². The third kappa shape index (κ3) is 5.16. The maximum Gasteiger partial charge on any atom is 0.243 e. The highest BCUT2D eigenvalue weighted by Crippen LogP contribution is 2.16. The van der Waals surface area contributed by atoms with E-state index in [-0.39, 0.29) is 11.4 Å². The van der Waals surface area contributed by atoms with Crippen molar-refractivity contribution in [1.29, 1.82) is 0 Å². The Morgan fingerprint density at radius 3 is 2.75 bits per heavy atom. The minimum absolute atomic E-state index is 0.220. The van der Waals surface area contributed by atoms with E-state index in [0.717, 1.165) is 0 Å². The number of hydrogen-bond donors (Lipinski definition) is 2. The van der Waals surface area contributed by atoms with Gasteiger partial charge in [-0.25, -0.2) is 17.5 Å². The largest absolute Gasteiger partial charge is 0.382 e. The number of hydrogen-bond acceptors (Lipinski definition) is 4. The SMILES string of the molecule is CCOCCCNS(=O)(=O)c1cc(CNC)ccc1F. The molecule has 0 radical (unpaired) electrons. The fourth-order valence-electron chi connectivity index (χ4n) is 1.67. The summed E-state index contributed by atoms with van der Waals surface area (Å²) in [6, 6.07) is 4.07. The Hall–Kier alpha value is -1.02. The van der Waals surface area contributed by atoms with Crippen LogP contribution in [-0.2, 0) is 21.3 Å². The van der Waals surface area contributed by atoms with Crippen molar-refractivity contribution in [2.24, 2.45) is 0 Å². The summed E-state index contributed by atoms with van der Waals surface area (Å²) >= 11 is 0. The molecule has 20 heavy (non-hydrogen) atoms. The first-order valence-corrected chi connectivity index (χ1v) is 8.00. The second-order valence-corrected chi connectivity index (χ2v) is 5.98. The summed E-state index contributed by atoms with van der Waals surface area (Å²) in [7, 11) is -2.09. The minimum Gasteiger partial charge on any atom is -0.382 e. The summed E-state index contributed by atoms with van der Waals surface area (Å²) < 4.78 is 45.2. The topological polar surface area (TPSA) is 67.4 Å². The number of halogens is 1. The highest BCUT2D eigenvalue weighted by Gasteiger charge is 2.18. The van der Waals surface area contributed by atoms with Crippen molar-refractivity contribution in [3.8, 4) is 0 Å². The zero-order valence-electron chi connectivity index (χ0n) is 11.8. The Labute approximate surface area is 119 Å². The van der Waals surface area contributed by atoms with E-state index in [9.17, 15) is 12.8 Å². The van der Waals surface area contributed by atoms with Gasteiger partial charge in [-0.15, -0.1) is 0 Å². The van der Waals surface area contributed by atoms with E-state index in [0.29, 0.717) is 31.7 Å². The van der Waals surface area contributed by atoms with Crippen molar-refractivity contribution in [3.63, 3.8) is 0 Å². The highest BCUT2D eigenvalue weighted by atomic mass is 32.2. The third-order valence-electron chi connectivity index (χ3n) is 2.63. The van der Waals surface area contributed by atoms with Gasteiger partial charge in [0.25, 0.3) is 0 Å². The predicted octanol–water partition coefficient (Wildman–Crippen LogP) is 1.25. The molecule has 114 valence electrons. The molecule has 2 N–H and O–H groups in total. The lowest BCUT2D eigenvalue weighted by molar-refractivity contribution is 0.146. The molecule has 0 aliphatic rings. The van der Waals surface area contributed by atoms with Gasteiger partial charge in [-0.05, 0) is 38.1 Å². The Morgan fingerprint density at radius 2 is 2.10 bits per heavy atom. The number of sulfonamides is 1. The van der Waals surface area contributed by atoms with Crippen LogP contribution >= 0.6 is 0 Å². The first-order chi connectivity index (χ1) is 9.51. The van der Waals surface area contributed by atoms with E-state index < -0.39 is 15.8 Å². The second-order valence-electron chi connectivity index (χ2n) is 4.24. The zero-order valence-corrected chi connectivity index (χ0v) is 12.6. The molecular weight excluding hydrogens is 283 g/mol. The average Bonchev–Trinajstić information content (AvgIpc) is 2.41. The predicted molar refractivity (Wildman–Crippen MR) is 75.5 cm³/mol. The quantitative estimate of drug-likeness (QED) is 0.674. The van der Waals surface area contributed by atoms with Crippen molar-refractivity contribution in [1.82, 2.24) is 10.0 Å². The average molecular weight is 304 g/mol. The summed E-state index contributed by atoms with van der Waals surface area (Å²) in [6.07, 6.45) is 0.547. The van der Waals surface area contributed by atoms with E-state index in [1.54, 1.807) is 13.1 Å². The highest BCUT2D eigenvalue weighted by molar-refractivity contribution is 7.89. The first kappa shape index (κ1) is 17.0. The monoisotopic (exact) mass is 304 g/mol. The molecule has 0 bridgehead atoms. The van der Waals surface area contributed by atoms with Gasteiger partial charge in [0.15, 0.2) is 0 Å². The lowest BCUT2D eigenvalue weighted by Gasteiger charge is -2.09. The van der Waals surface area contributed by atoms with Crippen LogP contribution in [0.25, 0.3) is 0 Å². The Bertz CT molecular complexity index is 520. The van der Waals surface area contributed by atoms with Crippen LogP contribution in [0.2, 0.25) is 0 Å². The van der Waals surface area contributed by atoms with Gasteiger partial charge in [-0.3, -0.25) is 0 Å². The van der Waals surface area contributed by atoms with E-state index >= 15 is 0 Å². The fourth-order valence-corrected chi connectivity index (χ4v) is 2.87. The van der Waals surface area contributed by atoms with E-state index in [2.05, 4.69) is 10.0 Å².